The number of hydrogen-bond donors (Lipinski definition) is 2. The van der Waals surface area contributed by atoms with E-state index in [-0.39, 0.29) is 12.1 Å². The first-order valence-electron chi connectivity index (χ1n) is 5.76. The zero-order chi connectivity index (χ0) is 10.4. The number of ether oxygens (including phenoxy) is 1. The molecule has 1 saturated carbocycles. The average molecular weight is 201 g/mol. The van der Waals surface area contributed by atoms with E-state index in [4.69, 9.17) is 4.74 Å². The maximum absolute atomic E-state index is 9.74. The van der Waals surface area contributed by atoms with Gasteiger partial charge in [0.05, 0.1) is 12.7 Å². The predicted molar refractivity (Wildman–Crippen MR) is 57.4 cm³/mol. The highest BCUT2D eigenvalue weighted by atomic mass is 16.5. The fourth-order valence-corrected chi connectivity index (χ4v) is 2.01. The first-order chi connectivity index (χ1) is 6.74. The van der Waals surface area contributed by atoms with Gasteiger partial charge in [-0.2, -0.15) is 0 Å². The third kappa shape index (κ3) is 3.95. The molecule has 3 unspecified atom stereocenters. The van der Waals surface area contributed by atoms with Crippen LogP contribution in [0.4, 0.5) is 0 Å². The van der Waals surface area contributed by atoms with Gasteiger partial charge in [-0.15, -0.1) is 0 Å². The first kappa shape index (κ1) is 12.0. The Morgan fingerprint density at radius 3 is 2.79 bits per heavy atom. The van der Waals surface area contributed by atoms with E-state index in [9.17, 15) is 5.11 Å². The molecule has 3 heteroatoms. The SMILES string of the molecule is CCOCC(C)NC1CCCCC1O. The van der Waals surface area contributed by atoms with Crippen LogP contribution in [0.3, 0.4) is 0 Å². The summed E-state index contributed by atoms with van der Waals surface area (Å²) in [6, 6.07) is 0.618. The van der Waals surface area contributed by atoms with Crippen LogP contribution in [-0.2, 0) is 4.74 Å². The van der Waals surface area contributed by atoms with Crippen molar-refractivity contribution in [3.05, 3.63) is 0 Å². The Kier molecular flexibility index (Phi) is 5.45. The van der Waals surface area contributed by atoms with Crippen molar-refractivity contribution in [2.24, 2.45) is 0 Å². The van der Waals surface area contributed by atoms with Gasteiger partial charge in [-0.25, -0.2) is 0 Å². The minimum atomic E-state index is -0.159. The summed E-state index contributed by atoms with van der Waals surface area (Å²) < 4.78 is 5.33. The lowest BCUT2D eigenvalue weighted by molar-refractivity contribution is 0.0689. The maximum atomic E-state index is 9.74. The van der Waals surface area contributed by atoms with Crippen LogP contribution in [0.1, 0.15) is 39.5 Å². The van der Waals surface area contributed by atoms with Crippen LogP contribution in [0, 0.1) is 0 Å². The van der Waals surface area contributed by atoms with Gasteiger partial charge in [-0.05, 0) is 26.7 Å². The van der Waals surface area contributed by atoms with E-state index >= 15 is 0 Å². The molecule has 0 bridgehead atoms. The van der Waals surface area contributed by atoms with Crippen LogP contribution in [0.15, 0.2) is 0 Å². The first-order valence-corrected chi connectivity index (χ1v) is 5.76. The van der Waals surface area contributed by atoms with Crippen molar-refractivity contribution in [2.45, 2.75) is 57.7 Å². The van der Waals surface area contributed by atoms with Crippen molar-refractivity contribution in [3.8, 4) is 0 Å². The summed E-state index contributed by atoms with van der Waals surface area (Å²) in [5.74, 6) is 0. The molecular weight excluding hydrogens is 178 g/mol. The molecule has 3 atom stereocenters. The van der Waals surface area contributed by atoms with Gasteiger partial charge in [0.25, 0.3) is 0 Å². The average Bonchev–Trinajstić information content (AvgIpc) is 2.18. The molecule has 84 valence electrons. The molecule has 0 radical (unpaired) electrons. The van der Waals surface area contributed by atoms with Crippen LogP contribution in [0.25, 0.3) is 0 Å². The van der Waals surface area contributed by atoms with E-state index in [0.29, 0.717) is 6.04 Å². The van der Waals surface area contributed by atoms with E-state index in [2.05, 4.69) is 12.2 Å². The standard InChI is InChI=1S/C11H23NO2/c1-3-14-8-9(2)12-10-6-4-5-7-11(10)13/h9-13H,3-8H2,1-2H3. The van der Waals surface area contributed by atoms with Gasteiger partial charge in [0.1, 0.15) is 0 Å². The smallest absolute Gasteiger partial charge is 0.0693 e. The summed E-state index contributed by atoms with van der Waals surface area (Å²) in [6.45, 7) is 5.61. The van der Waals surface area contributed by atoms with Crippen molar-refractivity contribution >= 4 is 0 Å². The summed E-state index contributed by atoms with van der Waals surface area (Å²) in [5, 5.41) is 13.2. The Labute approximate surface area is 86.8 Å². The Hall–Kier alpha value is -0.120. The molecule has 0 aromatic carbocycles. The summed E-state index contributed by atoms with van der Waals surface area (Å²) >= 11 is 0. The third-order valence-electron chi connectivity index (χ3n) is 2.80. The maximum Gasteiger partial charge on any atom is 0.0693 e. The summed E-state index contributed by atoms with van der Waals surface area (Å²) in [6.07, 6.45) is 4.28. The molecule has 1 rings (SSSR count). The number of aliphatic hydroxyl groups excluding tert-OH is 1. The topological polar surface area (TPSA) is 41.5 Å². The Morgan fingerprint density at radius 1 is 1.43 bits per heavy atom. The molecule has 0 aromatic heterocycles. The minimum Gasteiger partial charge on any atom is -0.392 e. The fourth-order valence-electron chi connectivity index (χ4n) is 2.01. The van der Waals surface area contributed by atoms with E-state index in [0.717, 1.165) is 26.1 Å². The second-order valence-corrected chi connectivity index (χ2v) is 4.19. The van der Waals surface area contributed by atoms with Gasteiger partial charge in [0.15, 0.2) is 0 Å². The molecule has 2 N–H and O–H groups in total. The Morgan fingerprint density at radius 2 is 2.14 bits per heavy atom. The van der Waals surface area contributed by atoms with Gasteiger partial charge in [-0.1, -0.05) is 12.8 Å². The third-order valence-corrected chi connectivity index (χ3v) is 2.80. The lowest BCUT2D eigenvalue weighted by Gasteiger charge is -2.31. The highest BCUT2D eigenvalue weighted by Gasteiger charge is 2.23. The Balaban J connectivity index is 2.20. The van der Waals surface area contributed by atoms with Gasteiger partial charge in [-0.3, -0.25) is 0 Å². The van der Waals surface area contributed by atoms with Crippen LogP contribution in [-0.4, -0.2) is 36.5 Å². The normalized spacial score (nSPS) is 30.2. The summed E-state index contributed by atoms with van der Waals surface area (Å²) in [5.41, 5.74) is 0. The quantitative estimate of drug-likeness (QED) is 0.704. The van der Waals surface area contributed by atoms with Crippen molar-refractivity contribution in [2.75, 3.05) is 13.2 Å². The fraction of sp³-hybridized carbons (Fsp3) is 1.00. The minimum absolute atomic E-state index is 0.159. The lowest BCUT2D eigenvalue weighted by Crippen LogP contribution is -2.47. The molecule has 0 aromatic rings. The molecule has 0 heterocycles. The van der Waals surface area contributed by atoms with E-state index in [1.807, 2.05) is 6.92 Å². The molecule has 1 fully saturated rings. The largest absolute Gasteiger partial charge is 0.392 e. The predicted octanol–water partition coefficient (Wildman–Crippen LogP) is 1.30. The Bertz CT molecular complexity index is 152. The second kappa shape index (κ2) is 6.38. The molecule has 0 saturated heterocycles. The molecule has 1 aliphatic rings. The molecule has 1 aliphatic carbocycles. The monoisotopic (exact) mass is 201 g/mol. The lowest BCUT2D eigenvalue weighted by atomic mass is 9.92. The molecule has 0 amide bonds. The van der Waals surface area contributed by atoms with E-state index in [1.165, 1.54) is 12.8 Å². The molecule has 14 heavy (non-hydrogen) atoms. The van der Waals surface area contributed by atoms with E-state index < -0.39 is 0 Å². The van der Waals surface area contributed by atoms with Gasteiger partial charge in [0.2, 0.25) is 0 Å². The highest BCUT2D eigenvalue weighted by molar-refractivity contribution is 4.82. The number of rotatable bonds is 5. The van der Waals surface area contributed by atoms with E-state index in [1.54, 1.807) is 0 Å². The van der Waals surface area contributed by atoms with Crippen LogP contribution < -0.4 is 5.32 Å². The second-order valence-electron chi connectivity index (χ2n) is 4.19. The van der Waals surface area contributed by atoms with Gasteiger partial charge in [0, 0.05) is 18.7 Å². The van der Waals surface area contributed by atoms with Crippen molar-refractivity contribution in [1.29, 1.82) is 0 Å². The summed E-state index contributed by atoms with van der Waals surface area (Å²) in [4.78, 5) is 0. The number of nitrogens with one attached hydrogen (secondary N) is 1. The van der Waals surface area contributed by atoms with Gasteiger partial charge >= 0.3 is 0 Å². The molecule has 0 aliphatic heterocycles. The molecular formula is C11H23NO2. The van der Waals surface area contributed by atoms with Crippen LogP contribution >= 0.6 is 0 Å². The van der Waals surface area contributed by atoms with Crippen LogP contribution in [0.5, 0.6) is 0 Å². The summed E-state index contributed by atoms with van der Waals surface area (Å²) in [7, 11) is 0. The van der Waals surface area contributed by atoms with Crippen molar-refractivity contribution in [3.63, 3.8) is 0 Å². The zero-order valence-electron chi connectivity index (χ0n) is 9.33. The number of aliphatic hydroxyl groups is 1. The zero-order valence-corrected chi connectivity index (χ0v) is 9.33. The van der Waals surface area contributed by atoms with Crippen LogP contribution in [0.2, 0.25) is 0 Å². The molecule has 3 nitrogen and oxygen atoms in total. The van der Waals surface area contributed by atoms with Crippen molar-refractivity contribution < 1.29 is 9.84 Å². The highest BCUT2D eigenvalue weighted by Crippen LogP contribution is 2.18. The number of hydrogen-bond acceptors (Lipinski definition) is 3. The van der Waals surface area contributed by atoms with Crippen molar-refractivity contribution in [1.82, 2.24) is 5.32 Å². The molecule has 0 spiro atoms. The van der Waals surface area contributed by atoms with Gasteiger partial charge < -0.3 is 15.2 Å².